The average molecular weight is 431 g/mol. The number of anilines is 1. The van der Waals surface area contributed by atoms with Gasteiger partial charge in [-0.3, -0.25) is 4.79 Å². The summed E-state index contributed by atoms with van der Waals surface area (Å²) in [6, 6.07) is 6.70. The molecule has 31 heavy (non-hydrogen) atoms. The van der Waals surface area contributed by atoms with E-state index < -0.39 is 11.9 Å². The van der Waals surface area contributed by atoms with Gasteiger partial charge in [-0.1, -0.05) is 12.1 Å². The molecule has 8 nitrogen and oxygen atoms in total. The van der Waals surface area contributed by atoms with Crippen LogP contribution >= 0.6 is 0 Å². The lowest BCUT2D eigenvalue weighted by Gasteiger charge is -2.31. The number of halogens is 3. The highest BCUT2D eigenvalue weighted by atomic mass is 19.4. The number of alkyl halides is 3. The van der Waals surface area contributed by atoms with Crippen LogP contribution in [0.1, 0.15) is 35.3 Å². The second kappa shape index (κ2) is 8.32. The molecule has 162 valence electrons. The number of nitrogens with zero attached hydrogens (tertiary/aromatic N) is 6. The van der Waals surface area contributed by atoms with Gasteiger partial charge < -0.3 is 10.2 Å². The molecule has 0 radical (unpaired) electrons. The summed E-state index contributed by atoms with van der Waals surface area (Å²) in [6.45, 7) is 0. The summed E-state index contributed by atoms with van der Waals surface area (Å²) in [4.78, 5) is 23.6. The molecule has 11 heteroatoms. The maximum Gasteiger partial charge on any atom is 0.434 e. The smallest absolute Gasteiger partial charge is 0.353 e. The summed E-state index contributed by atoms with van der Waals surface area (Å²) in [5.74, 6) is 0.0528. The molecule has 2 atom stereocenters. The van der Waals surface area contributed by atoms with Gasteiger partial charge in [0.25, 0.3) is 5.91 Å². The van der Waals surface area contributed by atoms with Gasteiger partial charge in [0, 0.05) is 13.1 Å². The number of benzene rings is 1. The minimum atomic E-state index is -4.54. The van der Waals surface area contributed by atoms with Crippen molar-refractivity contribution in [3.63, 3.8) is 0 Å². The molecule has 1 fully saturated rings. The molecule has 0 spiro atoms. The van der Waals surface area contributed by atoms with Crippen molar-refractivity contribution in [3.05, 3.63) is 60.3 Å². The second-order valence-electron chi connectivity index (χ2n) is 7.28. The molecule has 1 saturated carbocycles. The van der Waals surface area contributed by atoms with Gasteiger partial charge in [0.2, 0.25) is 0 Å². The molecule has 0 saturated heterocycles. The highest BCUT2D eigenvalue weighted by Crippen LogP contribution is 2.30. The molecule has 2 heterocycles. The summed E-state index contributed by atoms with van der Waals surface area (Å²) in [5.41, 5.74) is -0.0485. The average Bonchev–Trinajstić information content (AvgIpc) is 3.45. The molecular formula is C20H20F3N7O. The molecule has 0 unspecified atom stereocenters. The van der Waals surface area contributed by atoms with Crippen LogP contribution in [0.15, 0.2) is 49.1 Å². The Labute approximate surface area is 176 Å². The van der Waals surface area contributed by atoms with Crippen LogP contribution in [0.5, 0.6) is 0 Å². The van der Waals surface area contributed by atoms with E-state index in [1.54, 1.807) is 36.2 Å². The van der Waals surface area contributed by atoms with Crippen LogP contribution < -0.4 is 10.2 Å². The van der Waals surface area contributed by atoms with Crippen molar-refractivity contribution in [2.24, 2.45) is 0 Å². The van der Waals surface area contributed by atoms with E-state index in [9.17, 15) is 18.0 Å². The maximum atomic E-state index is 13.0. The SMILES string of the molecule is CN(c1cnc(C(F)(F)F)cn1)[C@H]1CCC[C@@H]1NC(=O)c1ccccc1-n1nccn1. The van der Waals surface area contributed by atoms with Crippen molar-refractivity contribution in [2.45, 2.75) is 37.5 Å². The number of hydrogen-bond acceptors (Lipinski definition) is 6. The van der Waals surface area contributed by atoms with Crippen LogP contribution in [0.3, 0.4) is 0 Å². The van der Waals surface area contributed by atoms with Crippen molar-refractivity contribution < 1.29 is 18.0 Å². The Morgan fingerprint density at radius 1 is 1.13 bits per heavy atom. The normalized spacial score (nSPS) is 18.7. The number of nitrogens with one attached hydrogen (secondary N) is 1. The number of para-hydroxylation sites is 1. The Balaban J connectivity index is 1.50. The molecule has 2 aromatic heterocycles. The predicted octanol–water partition coefficient (Wildman–Crippen LogP) is 2.86. The van der Waals surface area contributed by atoms with Crippen LogP contribution in [0.2, 0.25) is 0 Å². The first kappa shape index (κ1) is 20.8. The van der Waals surface area contributed by atoms with Gasteiger partial charge in [-0.25, -0.2) is 9.97 Å². The molecule has 1 amide bonds. The van der Waals surface area contributed by atoms with Gasteiger partial charge in [-0.2, -0.15) is 28.2 Å². The third kappa shape index (κ3) is 4.35. The predicted molar refractivity (Wildman–Crippen MR) is 106 cm³/mol. The van der Waals surface area contributed by atoms with E-state index in [0.29, 0.717) is 17.1 Å². The van der Waals surface area contributed by atoms with Gasteiger partial charge in [0.15, 0.2) is 5.69 Å². The molecule has 1 N–H and O–H groups in total. The fraction of sp³-hybridized carbons (Fsp3) is 0.350. The first-order valence-corrected chi connectivity index (χ1v) is 9.73. The van der Waals surface area contributed by atoms with E-state index in [1.807, 2.05) is 0 Å². The lowest BCUT2D eigenvalue weighted by Crippen LogP contribution is -2.48. The first-order valence-electron chi connectivity index (χ1n) is 9.73. The Bertz CT molecular complexity index is 1040. The zero-order chi connectivity index (χ0) is 22.0. The molecule has 3 aromatic rings. The maximum absolute atomic E-state index is 13.0. The van der Waals surface area contributed by atoms with Crippen molar-refractivity contribution in [1.29, 1.82) is 0 Å². The molecule has 0 bridgehead atoms. The Morgan fingerprint density at radius 2 is 1.87 bits per heavy atom. The van der Waals surface area contributed by atoms with E-state index in [0.717, 1.165) is 31.7 Å². The second-order valence-corrected chi connectivity index (χ2v) is 7.28. The number of aromatic nitrogens is 5. The summed E-state index contributed by atoms with van der Waals surface area (Å²) < 4.78 is 38.2. The first-order chi connectivity index (χ1) is 14.8. The Hall–Kier alpha value is -3.50. The van der Waals surface area contributed by atoms with E-state index >= 15 is 0 Å². The third-order valence-corrected chi connectivity index (χ3v) is 5.37. The molecule has 4 rings (SSSR count). The summed E-state index contributed by atoms with van der Waals surface area (Å²) in [6.07, 6.45) is 2.74. The van der Waals surface area contributed by atoms with Gasteiger partial charge in [-0.05, 0) is 31.4 Å². The lowest BCUT2D eigenvalue weighted by molar-refractivity contribution is -0.141. The molecule has 1 aromatic carbocycles. The van der Waals surface area contributed by atoms with Crippen molar-refractivity contribution in [1.82, 2.24) is 30.3 Å². The largest absolute Gasteiger partial charge is 0.434 e. The highest BCUT2D eigenvalue weighted by molar-refractivity contribution is 5.97. The van der Waals surface area contributed by atoms with Crippen molar-refractivity contribution in [3.8, 4) is 5.69 Å². The summed E-state index contributed by atoms with van der Waals surface area (Å²) in [7, 11) is 1.74. The van der Waals surface area contributed by atoms with Crippen LogP contribution in [0.25, 0.3) is 5.69 Å². The zero-order valence-electron chi connectivity index (χ0n) is 16.6. The van der Waals surface area contributed by atoms with E-state index in [1.165, 1.54) is 17.2 Å². The van der Waals surface area contributed by atoms with Crippen LogP contribution in [0, 0.1) is 0 Å². The molecule has 1 aliphatic rings. The van der Waals surface area contributed by atoms with Gasteiger partial charge in [-0.15, -0.1) is 0 Å². The van der Waals surface area contributed by atoms with Gasteiger partial charge in [0.1, 0.15) is 5.82 Å². The van der Waals surface area contributed by atoms with Crippen LogP contribution in [-0.4, -0.2) is 50.0 Å². The van der Waals surface area contributed by atoms with Crippen LogP contribution in [0.4, 0.5) is 19.0 Å². The number of rotatable bonds is 5. The van der Waals surface area contributed by atoms with Gasteiger partial charge in [0.05, 0.1) is 42.1 Å². The molecule has 0 aliphatic heterocycles. The fourth-order valence-electron chi connectivity index (χ4n) is 3.82. The van der Waals surface area contributed by atoms with E-state index in [2.05, 4.69) is 25.5 Å². The number of amides is 1. The minimum absolute atomic E-state index is 0.120. The number of hydrogen-bond donors (Lipinski definition) is 1. The summed E-state index contributed by atoms with van der Waals surface area (Å²) >= 11 is 0. The van der Waals surface area contributed by atoms with Gasteiger partial charge >= 0.3 is 6.18 Å². The zero-order valence-corrected chi connectivity index (χ0v) is 16.6. The molecule has 1 aliphatic carbocycles. The molecular weight excluding hydrogens is 411 g/mol. The third-order valence-electron chi connectivity index (χ3n) is 5.37. The topological polar surface area (TPSA) is 88.8 Å². The van der Waals surface area contributed by atoms with E-state index in [-0.39, 0.29) is 18.0 Å². The fourth-order valence-corrected chi connectivity index (χ4v) is 3.82. The lowest BCUT2D eigenvalue weighted by atomic mass is 10.1. The number of carbonyl (C=O) groups excluding carboxylic acids is 1. The number of carbonyl (C=O) groups is 1. The van der Waals surface area contributed by atoms with E-state index in [4.69, 9.17) is 0 Å². The van der Waals surface area contributed by atoms with Crippen molar-refractivity contribution >= 4 is 11.7 Å². The quantitative estimate of drug-likeness (QED) is 0.668. The minimum Gasteiger partial charge on any atom is -0.353 e. The Kier molecular flexibility index (Phi) is 5.57. The monoisotopic (exact) mass is 431 g/mol. The summed E-state index contributed by atoms with van der Waals surface area (Å²) in [5, 5.41) is 11.2. The standard InChI is InChI=1S/C20H20F3N7O/c1-29(18-12-24-17(11-25-18)20(21,22)23)16-8-4-6-14(16)28-19(31)13-5-2-3-7-15(13)30-26-9-10-27-30/h2-3,5,7,9-12,14,16H,4,6,8H2,1H3,(H,28,31)/t14-,16-/m0/s1. The Morgan fingerprint density at radius 3 is 2.55 bits per heavy atom. The number of likely N-dealkylation sites (N-methyl/N-ethyl adjacent to an activating group) is 1. The highest BCUT2D eigenvalue weighted by Gasteiger charge is 2.35. The van der Waals surface area contributed by atoms with Crippen LogP contribution in [-0.2, 0) is 6.18 Å². The van der Waals surface area contributed by atoms with Crippen molar-refractivity contribution in [2.75, 3.05) is 11.9 Å².